The Morgan fingerprint density at radius 2 is 2.28 bits per heavy atom. The first-order chi connectivity index (χ1) is 8.57. The van der Waals surface area contributed by atoms with Crippen LogP contribution in [0.25, 0.3) is 0 Å². The fourth-order valence-corrected chi connectivity index (χ4v) is 2.94. The number of rotatable bonds is 3. The third kappa shape index (κ3) is 2.68. The molecule has 1 aliphatic carbocycles. The largest absolute Gasteiger partial charge is 0.387 e. The quantitative estimate of drug-likeness (QED) is 0.914. The molecule has 1 N–H and O–H groups in total. The van der Waals surface area contributed by atoms with Gasteiger partial charge in [0.15, 0.2) is 0 Å². The van der Waals surface area contributed by atoms with Crippen LogP contribution in [0.1, 0.15) is 31.2 Å². The number of benzene rings is 1. The Labute approximate surface area is 112 Å². The van der Waals surface area contributed by atoms with Crippen LogP contribution in [0.3, 0.4) is 0 Å². The van der Waals surface area contributed by atoms with E-state index < -0.39 is 11.4 Å². The summed E-state index contributed by atoms with van der Waals surface area (Å²) in [6.45, 7) is 0. The molecule has 0 radical (unpaired) electrons. The van der Waals surface area contributed by atoms with E-state index in [1.807, 2.05) is 0 Å². The molecule has 1 aromatic carbocycles. The highest BCUT2D eigenvalue weighted by Gasteiger charge is 2.39. The molecule has 4 heteroatoms. The van der Waals surface area contributed by atoms with Crippen LogP contribution in [0.15, 0.2) is 18.2 Å². The molecular weight excluding hydrogens is 255 g/mol. The number of aliphatic hydroxyl groups is 1. The number of ether oxygens (including phenoxy) is 1. The lowest BCUT2D eigenvalue weighted by Crippen LogP contribution is -2.47. The summed E-state index contributed by atoms with van der Waals surface area (Å²) in [5.41, 5.74) is -0.535. The summed E-state index contributed by atoms with van der Waals surface area (Å²) in [5, 5.41) is 10.8. The zero-order valence-corrected chi connectivity index (χ0v) is 11.2. The molecule has 1 fully saturated rings. The highest BCUT2D eigenvalue weighted by atomic mass is 35.5. The molecular formula is C14H18ClFO2. The lowest BCUT2D eigenvalue weighted by molar-refractivity contribution is -0.116. The Morgan fingerprint density at radius 3 is 3.00 bits per heavy atom. The first-order valence-electron chi connectivity index (χ1n) is 6.25. The van der Waals surface area contributed by atoms with Gasteiger partial charge >= 0.3 is 0 Å². The Balaban J connectivity index is 2.23. The zero-order chi connectivity index (χ0) is 13.2. The molecule has 0 bridgehead atoms. The fourth-order valence-electron chi connectivity index (χ4n) is 2.74. The molecule has 0 aromatic heterocycles. The molecule has 1 saturated carbocycles. The maximum absolute atomic E-state index is 13.9. The molecule has 2 unspecified atom stereocenters. The van der Waals surface area contributed by atoms with Crippen LogP contribution in [0.4, 0.5) is 4.39 Å². The third-order valence-corrected chi connectivity index (χ3v) is 4.03. The fraction of sp³-hybridized carbons (Fsp3) is 0.571. The van der Waals surface area contributed by atoms with E-state index in [-0.39, 0.29) is 17.5 Å². The van der Waals surface area contributed by atoms with Crippen molar-refractivity contribution in [3.63, 3.8) is 0 Å². The van der Waals surface area contributed by atoms with Crippen LogP contribution in [0, 0.1) is 5.82 Å². The molecule has 18 heavy (non-hydrogen) atoms. The molecule has 0 heterocycles. The summed E-state index contributed by atoms with van der Waals surface area (Å²) in [6.07, 6.45) is 3.45. The van der Waals surface area contributed by atoms with Gasteiger partial charge < -0.3 is 9.84 Å². The van der Waals surface area contributed by atoms with Gasteiger partial charge in [0.1, 0.15) is 5.82 Å². The van der Waals surface area contributed by atoms with Crippen molar-refractivity contribution in [2.75, 3.05) is 7.11 Å². The van der Waals surface area contributed by atoms with Crippen molar-refractivity contribution in [3.8, 4) is 0 Å². The molecule has 1 aromatic rings. The number of methoxy groups -OCH3 is 1. The van der Waals surface area contributed by atoms with Crippen molar-refractivity contribution < 1.29 is 14.2 Å². The van der Waals surface area contributed by atoms with E-state index in [2.05, 4.69) is 0 Å². The van der Waals surface area contributed by atoms with Gasteiger partial charge in [0, 0.05) is 13.5 Å². The van der Waals surface area contributed by atoms with Gasteiger partial charge in [-0.2, -0.15) is 0 Å². The van der Waals surface area contributed by atoms with Gasteiger partial charge in [0.25, 0.3) is 0 Å². The normalized spacial score (nSPS) is 28.3. The van der Waals surface area contributed by atoms with Crippen LogP contribution >= 0.6 is 11.6 Å². The van der Waals surface area contributed by atoms with Crippen molar-refractivity contribution >= 4 is 11.6 Å². The molecule has 1 aliphatic rings. The first kappa shape index (κ1) is 13.8. The highest BCUT2D eigenvalue weighted by Crippen LogP contribution is 2.34. The van der Waals surface area contributed by atoms with Gasteiger partial charge in [0.05, 0.1) is 16.7 Å². The Morgan fingerprint density at radius 1 is 1.50 bits per heavy atom. The molecule has 0 amide bonds. The van der Waals surface area contributed by atoms with Crippen LogP contribution in [0.5, 0.6) is 0 Å². The number of halogens is 2. The minimum Gasteiger partial charge on any atom is -0.387 e. The van der Waals surface area contributed by atoms with Crippen LogP contribution in [-0.2, 0) is 11.2 Å². The Hall–Kier alpha value is -0.640. The van der Waals surface area contributed by atoms with E-state index in [4.69, 9.17) is 16.3 Å². The second-order valence-electron chi connectivity index (χ2n) is 4.96. The molecule has 0 saturated heterocycles. The van der Waals surface area contributed by atoms with Crippen molar-refractivity contribution in [3.05, 3.63) is 34.6 Å². The minimum absolute atomic E-state index is 0.0980. The molecule has 2 rings (SSSR count). The first-order valence-corrected chi connectivity index (χ1v) is 6.63. The predicted molar refractivity (Wildman–Crippen MR) is 69.3 cm³/mol. The van der Waals surface area contributed by atoms with Crippen LogP contribution < -0.4 is 0 Å². The van der Waals surface area contributed by atoms with E-state index in [9.17, 15) is 9.50 Å². The van der Waals surface area contributed by atoms with E-state index in [1.165, 1.54) is 6.07 Å². The summed E-state index contributed by atoms with van der Waals surface area (Å²) in [4.78, 5) is 0. The standard InChI is InChI=1S/C14H18ClFO2/c1-18-12-7-2-3-8-14(12,17)9-10-5-4-6-11(15)13(10)16/h4-6,12,17H,2-3,7-9H2,1H3. The average molecular weight is 273 g/mol. The molecule has 2 nitrogen and oxygen atoms in total. The monoisotopic (exact) mass is 272 g/mol. The van der Waals surface area contributed by atoms with Crippen molar-refractivity contribution in [2.24, 2.45) is 0 Å². The van der Waals surface area contributed by atoms with Gasteiger partial charge in [-0.25, -0.2) is 4.39 Å². The van der Waals surface area contributed by atoms with Crippen molar-refractivity contribution in [1.29, 1.82) is 0 Å². The third-order valence-electron chi connectivity index (χ3n) is 3.74. The lowest BCUT2D eigenvalue weighted by atomic mass is 9.78. The van der Waals surface area contributed by atoms with E-state index in [0.29, 0.717) is 12.0 Å². The average Bonchev–Trinajstić information content (AvgIpc) is 2.35. The van der Waals surface area contributed by atoms with Crippen molar-refractivity contribution in [1.82, 2.24) is 0 Å². The number of hydrogen-bond acceptors (Lipinski definition) is 2. The maximum Gasteiger partial charge on any atom is 0.145 e. The summed E-state index contributed by atoms with van der Waals surface area (Å²) in [5.74, 6) is -0.437. The molecule has 0 aliphatic heterocycles. The minimum atomic E-state index is -0.988. The van der Waals surface area contributed by atoms with Gasteiger partial charge in [-0.15, -0.1) is 0 Å². The van der Waals surface area contributed by atoms with Crippen LogP contribution in [0.2, 0.25) is 5.02 Å². The van der Waals surface area contributed by atoms with Crippen molar-refractivity contribution in [2.45, 2.75) is 43.8 Å². The second-order valence-corrected chi connectivity index (χ2v) is 5.37. The van der Waals surface area contributed by atoms with E-state index in [1.54, 1.807) is 19.2 Å². The summed E-state index contributed by atoms with van der Waals surface area (Å²) in [6, 6.07) is 4.88. The predicted octanol–water partition coefficient (Wildman–Crippen LogP) is 3.34. The molecule has 2 atom stereocenters. The lowest BCUT2D eigenvalue weighted by Gasteiger charge is -2.39. The van der Waals surface area contributed by atoms with Gasteiger partial charge in [-0.1, -0.05) is 36.6 Å². The summed E-state index contributed by atoms with van der Waals surface area (Å²) < 4.78 is 19.2. The summed E-state index contributed by atoms with van der Waals surface area (Å²) >= 11 is 5.76. The smallest absolute Gasteiger partial charge is 0.145 e. The second kappa shape index (κ2) is 5.55. The van der Waals surface area contributed by atoms with Gasteiger partial charge in [-0.3, -0.25) is 0 Å². The van der Waals surface area contributed by atoms with E-state index in [0.717, 1.165) is 19.3 Å². The van der Waals surface area contributed by atoms with Crippen LogP contribution in [-0.4, -0.2) is 23.9 Å². The van der Waals surface area contributed by atoms with Gasteiger partial charge in [-0.05, 0) is 24.5 Å². The maximum atomic E-state index is 13.9. The van der Waals surface area contributed by atoms with Gasteiger partial charge in [0.2, 0.25) is 0 Å². The number of hydrogen-bond donors (Lipinski definition) is 1. The Bertz CT molecular complexity index is 424. The summed E-state index contributed by atoms with van der Waals surface area (Å²) in [7, 11) is 1.59. The van der Waals surface area contributed by atoms with E-state index >= 15 is 0 Å². The Kier molecular flexibility index (Phi) is 4.25. The highest BCUT2D eigenvalue weighted by molar-refractivity contribution is 6.30. The zero-order valence-electron chi connectivity index (χ0n) is 10.5. The SMILES string of the molecule is COC1CCCCC1(O)Cc1cccc(Cl)c1F. The topological polar surface area (TPSA) is 29.5 Å². The molecule has 0 spiro atoms. The molecule has 100 valence electrons.